The zero-order chi connectivity index (χ0) is 8.15. The van der Waals surface area contributed by atoms with E-state index < -0.39 is 0 Å². The first kappa shape index (κ1) is 9.63. The maximum atomic E-state index is 10.9. The van der Waals surface area contributed by atoms with Crippen LogP contribution in [0.15, 0.2) is 0 Å². The first-order valence-corrected chi connectivity index (χ1v) is 3.95. The molecular weight excluding hydrogens is 126 g/mol. The van der Waals surface area contributed by atoms with Crippen LogP contribution in [0.25, 0.3) is 0 Å². The fourth-order valence-corrected chi connectivity index (χ4v) is 0.604. The van der Waals surface area contributed by atoms with Gasteiger partial charge in [-0.25, -0.2) is 4.79 Å². The minimum absolute atomic E-state index is 0.265. The molecule has 0 saturated heterocycles. The molecule has 0 saturated carbocycles. The van der Waals surface area contributed by atoms with Crippen LogP contribution in [0.2, 0.25) is 0 Å². The van der Waals surface area contributed by atoms with Gasteiger partial charge in [-0.15, -0.1) is 0 Å². The van der Waals surface area contributed by atoms with Gasteiger partial charge in [0.25, 0.3) is 0 Å². The molecular formula is C8H18NO+. The second-order valence-corrected chi connectivity index (χ2v) is 3.09. The number of nitrogens with two attached hydrogens (primary N) is 1. The molecule has 0 radical (unpaired) electrons. The summed E-state index contributed by atoms with van der Waals surface area (Å²) in [7, 11) is 0. The van der Waals surface area contributed by atoms with Crippen molar-refractivity contribution in [2.45, 2.75) is 40.2 Å². The Morgan fingerprint density at radius 3 is 2.20 bits per heavy atom. The van der Waals surface area contributed by atoms with E-state index in [1.165, 1.54) is 0 Å². The second-order valence-electron chi connectivity index (χ2n) is 3.09. The molecule has 2 nitrogen and oxygen atoms in total. The second kappa shape index (κ2) is 4.45. The maximum Gasteiger partial charge on any atom is 0.310 e. The molecule has 60 valence electrons. The van der Waals surface area contributed by atoms with Gasteiger partial charge in [0.15, 0.2) is 0 Å². The lowest BCUT2D eigenvalue weighted by Crippen LogP contribution is -2.93. The van der Waals surface area contributed by atoms with Crippen molar-refractivity contribution in [1.29, 1.82) is 0 Å². The van der Waals surface area contributed by atoms with Crippen LogP contribution in [0, 0.1) is 5.92 Å². The van der Waals surface area contributed by atoms with Crippen LogP contribution in [0.3, 0.4) is 0 Å². The summed E-state index contributed by atoms with van der Waals surface area (Å²) >= 11 is 0. The third-order valence-electron chi connectivity index (χ3n) is 1.85. The average molecular weight is 144 g/mol. The van der Waals surface area contributed by atoms with E-state index in [2.05, 4.69) is 20.8 Å². The molecule has 0 aliphatic rings. The fourth-order valence-electron chi connectivity index (χ4n) is 0.604. The third-order valence-corrected chi connectivity index (χ3v) is 1.85. The van der Waals surface area contributed by atoms with Gasteiger partial charge in [0.2, 0.25) is 0 Å². The van der Waals surface area contributed by atoms with E-state index in [9.17, 15) is 4.79 Å². The summed E-state index contributed by atoms with van der Waals surface area (Å²) in [6.45, 7) is 8.23. The van der Waals surface area contributed by atoms with Crippen molar-refractivity contribution in [2.24, 2.45) is 5.92 Å². The lowest BCUT2D eigenvalue weighted by molar-refractivity contribution is -0.609. The van der Waals surface area contributed by atoms with Crippen molar-refractivity contribution in [3.8, 4) is 0 Å². The van der Waals surface area contributed by atoms with E-state index in [1.807, 2.05) is 12.2 Å². The van der Waals surface area contributed by atoms with Crippen molar-refractivity contribution < 1.29 is 10.1 Å². The number of rotatable bonds is 3. The molecule has 1 atom stereocenters. The Kier molecular flexibility index (Phi) is 4.28. The average Bonchev–Trinajstić information content (AvgIpc) is 1.87. The first-order chi connectivity index (χ1) is 4.57. The van der Waals surface area contributed by atoms with Crippen LogP contribution >= 0.6 is 0 Å². The molecule has 0 rings (SSSR count). The zero-order valence-electron chi connectivity index (χ0n) is 7.35. The number of carbonyl (C=O) groups excluding carboxylic acids is 1. The lowest BCUT2D eigenvalue weighted by Gasteiger charge is -2.11. The van der Waals surface area contributed by atoms with Crippen molar-refractivity contribution in [3.63, 3.8) is 0 Å². The highest BCUT2D eigenvalue weighted by Crippen LogP contribution is 1.93. The van der Waals surface area contributed by atoms with Crippen molar-refractivity contribution >= 4 is 5.91 Å². The molecule has 0 aromatic carbocycles. The zero-order valence-corrected chi connectivity index (χ0v) is 7.35. The Morgan fingerprint density at radius 1 is 1.40 bits per heavy atom. The van der Waals surface area contributed by atoms with Gasteiger partial charge >= 0.3 is 5.91 Å². The van der Waals surface area contributed by atoms with Crippen LogP contribution in [-0.4, -0.2) is 11.9 Å². The Bertz CT molecular complexity index is 110. The van der Waals surface area contributed by atoms with Crippen LogP contribution in [0.5, 0.6) is 0 Å². The molecule has 1 unspecified atom stereocenters. The molecule has 1 amide bonds. The maximum absolute atomic E-state index is 10.9. The van der Waals surface area contributed by atoms with Gasteiger partial charge in [-0.1, -0.05) is 20.8 Å². The number of amides is 1. The molecule has 0 aliphatic carbocycles. The Hall–Kier alpha value is -0.370. The summed E-state index contributed by atoms with van der Waals surface area (Å²) in [5, 5.41) is 1.82. The van der Waals surface area contributed by atoms with Crippen LogP contribution < -0.4 is 5.32 Å². The SMILES string of the molecule is CCC(=O)[NH2+]C(C)C(C)C. The molecule has 0 spiro atoms. The minimum Gasteiger partial charge on any atom is -0.281 e. The van der Waals surface area contributed by atoms with Crippen LogP contribution in [0.4, 0.5) is 0 Å². The number of carbonyl (C=O) groups is 1. The smallest absolute Gasteiger partial charge is 0.281 e. The van der Waals surface area contributed by atoms with E-state index in [1.54, 1.807) is 0 Å². The summed E-state index contributed by atoms with van der Waals surface area (Å²) in [6.07, 6.45) is 0.636. The van der Waals surface area contributed by atoms with E-state index in [-0.39, 0.29) is 5.91 Å². The Balaban J connectivity index is 3.57. The molecule has 0 fully saturated rings. The van der Waals surface area contributed by atoms with E-state index in [0.717, 1.165) is 0 Å². The normalized spacial score (nSPS) is 13.7. The highest BCUT2D eigenvalue weighted by Gasteiger charge is 2.13. The van der Waals surface area contributed by atoms with E-state index >= 15 is 0 Å². The fraction of sp³-hybridized carbons (Fsp3) is 0.875. The predicted octanol–water partition coefficient (Wildman–Crippen LogP) is 0.531. The summed E-state index contributed by atoms with van der Waals surface area (Å²) in [5.41, 5.74) is 0. The highest BCUT2D eigenvalue weighted by atomic mass is 16.1. The summed E-state index contributed by atoms with van der Waals surface area (Å²) in [4.78, 5) is 10.9. The van der Waals surface area contributed by atoms with Gasteiger partial charge < -0.3 is 0 Å². The summed E-state index contributed by atoms with van der Waals surface area (Å²) in [5.74, 6) is 0.844. The first-order valence-electron chi connectivity index (χ1n) is 3.95. The number of hydrogen-bond acceptors (Lipinski definition) is 1. The number of quaternary nitrogens is 1. The minimum atomic E-state index is 0.265. The number of hydrogen-bond donors (Lipinski definition) is 1. The number of primary amides is 1. The summed E-state index contributed by atoms with van der Waals surface area (Å²) in [6, 6.07) is 0.424. The van der Waals surface area contributed by atoms with E-state index in [0.29, 0.717) is 18.4 Å². The monoisotopic (exact) mass is 144 g/mol. The largest absolute Gasteiger partial charge is 0.310 e. The molecule has 2 N–H and O–H groups in total. The third kappa shape index (κ3) is 3.62. The Morgan fingerprint density at radius 2 is 1.90 bits per heavy atom. The molecule has 0 aromatic heterocycles. The molecule has 0 aromatic rings. The van der Waals surface area contributed by atoms with Crippen LogP contribution in [-0.2, 0) is 4.79 Å². The predicted molar refractivity (Wildman–Crippen MR) is 41.5 cm³/mol. The lowest BCUT2D eigenvalue weighted by atomic mass is 10.1. The molecule has 10 heavy (non-hydrogen) atoms. The molecule has 2 heteroatoms. The van der Waals surface area contributed by atoms with Crippen molar-refractivity contribution in [3.05, 3.63) is 0 Å². The molecule has 0 heterocycles. The van der Waals surface area contributed by atoms with E-state index in [4.69, 9.17) is 0 Å². The van der Waals surface area contributed by atoms with Crippen molar-refractivity contribution in [2.75, 3.05) is 0 Å². The highest BCUT2D eigenvalue weighted by molar-refractivity contribution is 5.64. The standard InChI is InChI=1S/C8H17NO/c1-5-8(10)9-7(4)6(2)3/h6-7H,5H2,1-4H3,(H,9,10)/p+1. The molecule has 0 aliphatic heterocycles. The Labute approximate surface area is 63.0 Å². The van der Waals surface area contributed by atoms with Crippen LogP contribution in [0.1, 0.15) is 34.1 Å². The van der Waals surface area contributed by atoms with Crippen molar-refractivity contribution in [1.82, 2.24) is 0 Å². The molecule has 0 bridgehead atoms. The van der Waals surface area contributed by atoms with Gasteiger partial charge in [-0.3, -0.25) is 5.32 Å². The summed E-state index contributed by atoms with van der Waals surface area (Å²) < 4.78 is 0. The topological polar surface area (TPSA) is 33.7 Å². The van der Waals surface area contributed by atoms with Gasteiger partial charge in [0, 0.05) is 5.92 Å². The van der Waals surface area contributed by atoms with Gasteiger partial charge in [0.05, 0.1) is 12.5 Å². The van der Waals surface area contributed by atoms with Gasteiger partial charge in [-0.05, 0) is 6.92 Å². The van der Waals surface area contributed by atoms with Gasteiger partial charge in [-0.2, -0.15) is 0 Å². The quantitative estimate of drug-likeness (QED) is 0.616. The van der Waals surface area contributed by atoms with Gasteiger partial charge in [0.1, 0.15) is 0 Å².